The number of halogens is 2. The Balaban J connectivity index is 1.89. The lowest BCUT2D eigenvalue weighted by molar-refractivity contribution is 0.291. The summed E-state index contributed by atoms with van der Waals surface area (Å²) in [4.78, 5) is 1.31. The van der Waals surface area contributed by atoms with Crippen molar-refractivity contribution >= 4 is 34.5 Å². The van der Waals surface area contributed by atoms with E-state index in [2.05, 4.69) is 22.8 Å². The zero-order valence-electron chi connectivity index (χ0n) is 10.5. The van der Waals surface area contributed by atoms with Gasteiger partial charge in [0.2, 0.25) is 0 Å². The van der Waals surface area contributed by atoms with Crippen LogP contribution in [0.5, 0.6) is 5.75 Å². The van der Waals surface area contributed by atoms with Crippen molar-refractivity contribution in [2.24, 2.45) is 0 Å². The molecule has 5 heteroatoms. The smallest absolute Gasteiger partial charge is 0.137 e. The van der Waals surface area contributed by atoms with Crippen LogP contribution in [0.2, 0.25) is 10.0 Å². The molecule has 1 aromatic carbocycles. The van der Waals surface area contributed by atoms with Crippen LogP contribution in [-0.4, -0.2) is 13.7 Å². The summed E-state index contributed by atoms with van der Waals surface area (Å²) in [6, 6.07) is 9.75. The van der Waals surface area contributed by atoms with Crippen LogP contribution in [0.4, 0.5) is 0 Å². The Morgan fingerprint density at radius 3 is 2.79 bits per heavy atom. The van der Waals surface area contributed by atoms with Gasteiger partial charge in [-0.1, -0.05) is 29.3 Å². The lowest BCUT2D eigenvalue weighted by Gasteiger charge is -2.15. The summed E-state index contributed by atoms with van der Waals surface area (Å²) < 4.78 is 5.70. The van der Waals surface area contributed by atoms with E-state index in [9.17, 15) is 0 Å². The fraction of sp³-hybridized carbons (Fsp3) is 0.286. The van der Waals surface area contributed by atoms with Gasteiger partial charge < -0.3 is 10.1 Å². The van der Waals surface area contributed by atoms with Gasteiger partial charge in [-0.25, -0.2) is 0 Å². The Hall–Kier alpha value is -0.740. The zero-order valence-corrected chi connectivity index (χ0v) is 12.9. The number of rotatable bonds is 6. The van der Waals surface area contributed by atoms with E-state index < -0.39 is 0 Å². The van der Waals surface area contributed by atoms with Gasteiger partial charge in [0.1, 0.15) is 5.75 Å². The Bertz CT molecular complexity index is 516. The predicted octanol–water partition coefficient (Wildman–Crippen LogP) is 4.78. The molecule has 19 heavy (non-hydrogen) atoms. The molecule has 2 aromatic rings. The highest BCUT2D eigenvalue weighted by Crippen LogP contribution is 2.28. The second-order valence-corrected chi connectivity index (χ2v) is 5.89. The van der Waals surface area contributed by atoms with Crippen LogP contribution in [-0.2, 0) is 0 Å². The van der Waals surface area contributed by atoms with Gasteiger partial charge >= 0.3 is 0 Å². The predicted molar refractivity (Wildman–Crippen MR) is 82.7 cm³/mol. The average molecular weight is 316 g/mol. The zero-order chi connectivity index (χ0) is 13.7. The molecule has 0 aliphatic heterocycles. The van der Waals surface area contributed by atoms with Crippen LogP contribution in [0.25, 0.3) is 0 Å². The third kappa shape index (κ3) is 4.11. The number of thiophene rings is 1. The summed E-state index contributed by atoms with van der Waals surface area (Å²) in [7, 11) is 1.96. The highest BCUT2D eigenvalue weighted by atomic mass is 35.5. The summed E-state index contributed by atoms with van der Waals surface area (Å²) in [6.07, 6.45) is 0.885. The van der Waals surface area contributed by atoms with Gasteiger partial charge in [0.15, 0.2) is 0 Å². The third-order valence-corrected chi connectivity index (χ3v) is 4.31. The number of nitrogens with one attached hydrogen (secondary N) is 1. The Kier molecular flexibility index (Phi) is 5.52. The van der Waals surface area contributed by atoms with Gasteiger partial charge in [-0.05, 0) is 36.7 Å². The summed E-state index contributed by atoms with van der Waals surface area (Å²) in [5, 5.41) is 6.53. The standard InChI is InChI=1S/C14H15Cl2NOS/c1-17-12(14-3-2-8-19-14)6-7-18-13-5-4-10(15)9-11(13)16/h2-5,8-9,12,17H,6-7H2,1H3. The highest BCUT2D eigenvalue weighted by molar-refractivity contribution is 7.10. The molecule has 0 aliphatic carbocycles. The molecule has 0 fully saturated rings. The van der Waals surface area contributed by atoms with E-state index in [4.69, 9.17) is 27.9 Å². The lowest BCUT2D eigenvalue weighted by atomic mass is 10.2. The van der Waals surface area contributed by atoms with Crippen molar-refractivity contribution in [3.8, 4) is 5.75 Å². The molecule has 0 radical (unpaired) electrons. The van der Waals surface area contributed by atoms with E-state index in [-0.39, 0.29) is 0 Å². The van der Waals surface area contributed by atoms with Gasteiger partial charge in [0.25, 0.3) is 0 Å². The van der Waals surface area contributed by atoms with Crippen molar-refractivity contribution in [2.45, 2.75) is 12.5 Å². The molecule has 102 valence electrons. The first-order chi connectivity index (χ1) is 9.20. The Labute approximate surface area is 127 Å². The van der Waals surface area contributed by atoms with Crippen molar-refractivity contribution < 1.29 is 4.74 Å². The topological polar surface area (TPSA) is 21.3 Å². The molecular formula is C14H15Cl2NOS. The number of hydrogen-bond acceptors (Lipinski definition) is 3. The molecule has 2 nitrogen and oxygen atoms in total. The summed E-state index contributed by atoms with van der Waals surface area (Å²) in [6.45, 7) is 0.602. The van der Waals surface area contributed by atoms with Gasteiger partial charge in [0.05, 0.1) is 11.6 Å². The maximum Gasteiger partial charge on any atom is 0.137 e. The fourth-order valence-electron chi connectivity index (χ4n) is 1.80. The summed E-state index contributed by atoms with van der Waals surface area (Å²) in [5.74, 6) is 0.673. The van der Waals surface area contributed by atoms with Crippen LogP contribution in [0.15, 0.2) is 35.7 Å². The van der Waals surface area contributed by atoms with Crippen molar-refractivity contribution in [3.05, 3.63) is 50.6 Å². The van der Waals surface area contributed by atoms with Crippen LogP contribution in [0.1, 0.15) is 17.3 Å². The molecule has 1 N–H and O–H groups in total. The minimum atomic E-state index is 0.311. The number of ether oxygens (including phenoxy) is 1. The van der Waals surface area contributed by atoms with Gasteiger partial charge in [0, 0.05) is 22.4 Å². The summed E-state index contributed by atoms with van der Waals surface area (Å²) >= 11 is 13.6. The van der Waals surface area contributed by atoms with Gasteiger partial charge in [-0.3, -0.25) is 0 Å². The van der Waals surface area contributed by atoms with Gasteiger partial charge in [-0.2, -0.15) is 0 Å². The molecule has 0 bridgehead atoms. The maximum atomic E-state index is 6.06. The minimum Gasteiger partial charge on any atom is -0.492 e. The highest BCUT2D eigenvalue weighted by Gasteiger charge is 2.10. The van der Waals surface area contributed by atoms with Crippen LogP contribution >= 0.6 is 34.5 Å². The van der Waals surface area contributed by atoms with E-state index in [0.29, 0.717) is 28.4 Å². The molecule has 1 aromatic heterocycles. The van der Waals surface area contributed by atoms with Crippen molar-refractivity contribution in [1.29, 1.82) is 0 Å². The van der Waals surface area contributed by atoms with E-state index >= 15 is 0 Å². The molecule has 0 aliphatic rings. The normalized spacial score (nSPS) is 12.4. The summed E-state index contributed by atoms with van der Waals surface area (Å²) in [5.41, 5.74) is 0. The third-order valence-electron chi connectivity index (χ3n) is 2.79. The molecular weight excluding hydrogens is 301 g/mol. The van der Waals surface area contributed by atoms with Crippen molar-refractivity contribution in [2.75, 3.05) is 13.7 Å². The van der Waals surface area contributed by atoms with E-state index in [1.54, 1.807) is 29.5 Å². The lowest BCUT2D eigenvalue weighted by Crippen LogP contribution is -2.18. The Morgan fingerprint density at radius 2 is 2.16 bits per heavy atom. The van der Waals surface area contributed by atoms with Crippen LogP contribution in [0, 0.1) is 0 Å². The maximum absolute atomic E-state index is 6.06. The monoisotopic (exact) mass is 315 g/mol. The SMILES string of the molecule is CNC(CCOc1ccc(Cl)cc1Cl)c1cccs1. The molecule has 1 unspecified atom stereocenters. The number of hydrogen-bond donors (Lipinski definition) is 1. The Morgan fingerprint density at radius 1 is 1.32 bits per heavy atom. The largest absolute Gasteiger partial charge is 0.492 e. The molecule has 0 saturated carbocycles. The average Bonchev–Trinajstić information content (AvgIpc) is 2.90. The molecule has 0 spiro atoms. The number of benzene rings is 1. The van der Waals surface area contributed by atoms with E-state index in [1.165, 1.54) is 4.88 Å². The first-order valence-corrected chi connectivity index (χ1v) is 7.63. The van der Waals surface area contributed by atoms with Crippen molar-refractivity contribution in [1.82, 2.24) is 5.32 Å². The first-order valence-electron chi connectivity index (χ1n) is 5.99. The molecule has 2 rings (SSSR count). The molecule has 0 saturated heterocycles. The fourth-order valence-corrected chi connectivity index (χ4v) is 3.13. The van der Waals surface area contributed by atoms with Crippen molar-refractivity contribution in [3.63, 3.8) is 0 Å². The van der Waals surface area contributed by atoms with Gasteiger partial charge in [-0.15, -0.1) is 11.3 Å². The second kappa shape index (κ2) is 7.15. The van der Waals surface area contributed by atoms with Crippen LogP contribution in [0.3, 0.4) is 0 Å². The van der Waals surface area contributed by atoms with E-state index in [0.717, 1.165) is 6.42 Å². The molecule has 1 heterocycles. The minimum absolute atomic E-state index is 0.311. The molecule has 1 atom stereocenters. The van der Waals surface area contributed by atoms with E-state index in [1.807, 2.05) is 7.05 Å². The quantitative estimate of drug-likeness (QED) is 0.828. The first kappa shape index (κ1) is 14.7. The molecule has 0 amide bonds. The van der Waals surface area contributed by atoms with Crippen LogP contribution < -0.4 is 10.1 Å². The second-order valence-electron chi connectivity index (χ2n) is 4.07.